The van der Waals surface area contributed by atoms with Gasteiger partial charge in [-0.05, 0) is 38.7 Å². The number of benzene rings is 1. The second kappa shape index (κ2) is 7.78. The number of carbonyl (C=O) groups excluding carboxylic acids is 1. The third-order valence-corrected chi connectivity index (χ3v) is 4.07. The van der Waals surface area contributed by atoms with Gasteiger partial charge < -0.3 is 10.4 Å². The summed E-state index contributed by atoms with van der Waals surface area (Å²) >= 11 is 0. The molecular formula is C20H31NO2. The number of carbonyl (C=O) groups is 1. The van der Waals surface area contributed by atoms with E-state index in [1.807, 2.05) is 45.9 Å². The number of anilines is 1. The van der Waals surface area contributed by atoms with E-state index in [9.17, 15) is 9.90 Å². The number of rotatable bonds is 6. The predicted molar refractivity (Wildman–Crippen MR) is 97.6 cm³/mol. The van der Waals surface area contributed by atoms with E-state index in [-0.39, 0.29) is 11.8 Å². The molecule has 3 heteroatoms. The Morgan fingerprint density at radius 2 is 1.78 bits per heavy atom. The van der Waals surface area contributed by atoms with Crippen molar-refractivity contribution in [2.45, 2.75) is 66.9 Å². The molecule has 0 radical (unpaired) electrons. The molecule has 0 aliphatic rings. The highest BCUT2D eigenvalue weighted by Gasteiger charge is 2.28. The van der Waals surface area contributed by atoms with Gasteiger partial charge in [-0.3, -0.25) is 4.79 Å². The van der Waals surface area contributed by atoms with Crippen molar-refractivity contribution in [2.24, 2.45) is 5.41 Å². The Kier molecular flexibility index (Phi) is 6.57. The van der Waals surface area contributed by atoms with Crippen LogP contribution in [0.25, 0.3) is 0 Å². The minimum Gasteiger partial charge on any atom is -0.389 e. The Labute approximate surface area is 140 Å². The molecule has 2 N–H and O–H groups in total. The Morgan fingerprint density at radius 3 is 2.26 bits per heavy atom. The van der Waals surface area contributed by atoms with E-state index in [1.165, 1.54) is 5.57 Å². The second-order valence-electron chi connectivity index (χ2n) is 7.47. The van der Waals surface area contributed by atoms with Gasteiger partial charge in [0.25, 0.3) is 0 Å². The molecule has 0 aliphatic carbocycles. The molecule has 1 aromatic rings. The number of nitrogens with one attached hydrogen (secondary N) is 1. The van der Waals surface area contributed by atoms with Crippen molar-refractivity contribution in [2.75, 3.05) is 5.32 Å². The monoisotopic (exact) mass is 317 g/mol. The summed E-state index contributed by atoms with van der Waals surface area (Å²) in [4.78, 5) is 12.8. The third-order valence-electron chi connectivity index (χ3n) is 4.07. The summed E-state index contributed by atoms with van der Waals surface area (Å²) in [5.74, 6) is 0.245. The Balaban J connectivity index is 3.16. The molecule has 0 heterocycles. The van der Waals surface area contributed by atoms with Crippen LogP contribution in [0.15, 0.2) is 29.8 Å². The highest BCUT2D eigenvalue weighted by Crippen LogP contribution is 2.33. The third kappa shape index (κ3) is 5.21. The zero-order valence-electron chi connectivity index (χ0n) is 15.5. The van der Waals surface area contributed by atoms with E-state index in [2.05, 4.69) is 25.2 Å². The van der Waals surface area contributed by atoms with Crippen LogP contribution in [0.3, 0.4) is 0 Å². The van der Waals surface area contributed by atoms with E-state index < -0.39 is 11.5 Å². The van der Waals surface area contributed by atoms with Gasteiger partial charge in [-0.2, -0.15) is 0 Å². The van der Waals surface area contributed by atoms with Gasteiger partial charge in [0.05, 0.1) is 6.10 Å². The zero-order chi connectivity index (χ0) is 17.8. The summed E-state index contributed by atoms with van der Waals surface area (Å²) in [5, 5.41) is 13.1. The number of aliphatic hydroxyl groups excluding tert-OH is 1. The molecule has 0 saturated carbocycles. The van der Waals surface area contributed by atoms with Gasteiger partial charge in [0.15, 0.2) is 0 Å². The van der Waals surface area contributed by atoms with Crippen LogP contribution >= 0.6 is 0 Å². The maximum atomic E-state index is 12.8. The molecule has 3 nitrogen and oxygen atoms in total. The Hall–Kier alpha value is -1.61. The van der Waals surface area contributed by atoms with Crippen LogP contribution in [-0.2, 0) is 4.79 Å². The molecular weight excluding hydrogens is 286 g/mol. The number of amides is 1. The minimum absolute atomic E-state index is 0.0231. The Bertz CT molecular complexity index is 553. The van der Waals surface area contributed by atoms with Gasteiger partial charge in [-0.1, -0.05) is 57.5 Å². The average Bonchev–Trinajstić information content (AvgIpc) is 2.44. The molecule has 0 bridgehead atoms. The first-order valence-electron chi connectivity index (χ1n) is 8.32. The molecule has 128 valence electrons. The molecule has 0 fully saturated rings. The van der Waals surface area contributed by atoms with Gasteiger partial charge in [-0.15, -0.1) is 0 Å². The first kappa shape index (κ1) is 19.4. The molecule has 0 aromatic heterocycles. The molecule has 1 rings (SSSR count). The fourth-order valence-electron chi connectivity index (χ4n) is 2.40. The van der Waals surface area contributed by atoms with Gasteiger partial charge >= 0.3 is 0 Å². The van der Waals surface area contributed by atoms with Crippen molar-refractivity contribution in [1.29, 1.82) is 0 Å². The highest BCUT2D eigenvalue weighted by molar-refractivity contribution is 5.96. The molecule has 1 aromatic carbocycles. The van der Waals surface area contributed by atoms with E-state index in [0.29, 0.717) is 6.42 Å². The molecule has 1 unspecified atom stereocenters. The predicted octanol–water partition coefficient (Wildman–Crippen LogP) is 5.18. The molecule has 23 heavy (non-hydrogen) atoms. The fraction of sp³-hybridized carbons (Fsp3) is 0.550. The smallest absolute Gasteiger partial charge is 0.230 e. The van der Waals surface area contributed by atoms with Crippen molar-refractivity contribution >= 4 is 11.6 Å². The molecule has 0 saturated heterocycles. The first-order chi connectivity index (χ1) is 10.6. The normalized spacial score (nSPS) is 12.9. The lowest BCUT2D eigenvalue weighted by Gasteiger charge is -2.26. The molecule has 1 amide bonds. The quantitative estimate of drug-likeness (QED) is 0.710. The lowest BCUT2D eigenvalue weighted by Crippen LogP contribution is -2.31. The maximum absolute atomic E-state index is 12.8. The fourth-order valence-corrected chi connectivity index (χ4v) is 2.40. The topological polar surface area (TPSA) is 49.3 Å². The summed E-state index contributed by atoms with van der Waals surface area (Å²) < 4.78 is 0. The second-order valence-corrected chi connectivity index (χ2v) is 7.47. The molecule has 1 atom stereocenters. The number of aliphatic hydroxyl groups is 1. The lowest BCUT2D eigenvalue weighted by molar-refractivity contribution is -0.123. The summed E-state index contributed by atoms with van der Waals surface area (Å²) in [6, 6.07) is 5.81. The van der Waals surface area contributed by atoms with E-state index in [1.54, 1.807) is 6.92 Å². The van der Waals surface area contributed by atoms with Crippen LogP contribution in [0, 0.1) is 5.41 Å². The van der Waals surface area contributed by atoms with Crippen molar-refractivity contribution in [3.63, 3.8) is 0 Å². The number of hydrogen-bond acceptors (Lipinski definition) is 2. The van der Waals surface area contributed by atoms with Gasteiger partial charge in [0.2, 0.25) is 5.91 Å². The first-order valence-corrected chi connectivity index (χ1v) is 8.32. The summed E-state index contributed by atoms with van der Waals surface area (Å²) in [6.07, 6.45) is 2.16. The highest BCUT2D eigenvalue weighted by atomic mass is 16.3. The number of hydrogen-bond donors (Lipinski definition) is 2. The Morgan fingerprint density at radius 1 is 1.22 bits per heavy atom. The van der Waals surface area contributed by atoms with Crippen molar-refractivity contribution in [3.8, 4) is 0 Å². The van der Waals surface area contributed by atoms with Crippen LogP contribution in [0.5, 0.6) is 0 Å². The van der Waals surface area contributed by atoms with Crippen LogP contribution < -0.4 is 5.32 Å². The van der Waals surface area contributed by atoms with Crippen LogP contribution in [0.1, 0.15) is 78.0 Å². The van der Waals surface area contributed by atoms with Crippen molar-refractivity contribution in [1.82, 2.24) is 0 Å². The van der Waals surface area contributed by atoms with Crippen molar-refractivity contribution in [3.05, 3.63) is 41.0 Å². The number of para-hydroxylation sites is 1. The van der Waals surface area contributed by atoms with E-state index in [0.717, 1.165) is 16.8 Å². The van der Waals surface area contributed by atoms with Gasteiger partial charge in [0.1, 0.15) is 0 Å². The lowest BCUT2D eigenvalue weighted by atomic mass is 9.86. The van der Waals surface area contributed by atoms with Gasteiger partial charge in [-0.25, -0.2) is 0 Å². The van der Waals surface area contributed by atoms with Crippen LogP contribution in [-0.4, -0.2) is 11.0 Å². The van der Waals surface area contributed by atoms with Crippen LogP contribution in [0.4, 0.5) is 5.69 Å². The minimum atomic E-state index is -0.620. The summed E-state index contributed by atoms with van der Waals surface area (Å²) in [7, 11) is 0. The van der Waals surface area contributed by atoms with Crippen LogP contribution in [0.2, 0.25) is 0 Å². The summed E-state index contributed by atoms with van der Waals surface area (Å²) in [6.45, 7) is 13.9. The van der Waals surface area contributed by atoms with E-state index in [4.69, 9.17) is 0 Å². The standard InChI is InChI=1S/C20H31NO2/c1-13(2)11-12-20(6,7)19(23)21-18-16(14(3)4)9-8-10-17(18)15(5)22/h8-11,14-15,22H,12H2,1-7H3,(H,21,23). The zero-order valence-corrected chi connectivity index (χ0v) is 15.5. The van der Waals surface area contributed by atoms with Gasteiger partial charge in [0, 0.05) is 16.7 Å². The average molecular weight is 317 g/mol. The molecule has 0 aliphatic heterocycles. The SMILES string of the molecule is CC(C)=CCC(C)(C)C(=O)Nc1c(C(C)C)cccc1C(C)O. The number of allylic oxidation sites excluding steroid dienone is 2. The largest absolute Gasteiger partial charge is 0.389 e. The maximum Gasteiger partial charge on any atom is 0.230 e. The van der Waals surface area contributed by atoms with E-state index >= 15 is 0 Å². The van der Waals surface area contributed by atoms with Crippen molar-refractivity contribution < 1.29 is 9.90 Å². The molecule has 0 spiro atoms. The summed E-state index contributed by atoms with van der Waals surface area (Å²) in [5.41, 5.74) is 3.28.